The number of allylic oxidation sites excluding steroid dienone is 5. The number of carbonyl (C=O) groups excluding carboxylic acids is 1. The van der Waals surface area contributed by atoms with E-state index in [9.17, 15) is 4.79 Å². The first-order valence-electron chi connectivity index (χ1n) is 4.18. The van der Waals surface area contributed by atoms with Crippen LogP contribution in [0.25, 0.3) is 0 Å². The molecule has 0 unspecified atom stereocenters. The predicted molar refractivity (Wildman–Crippen MR) is 57.6 cm³/mol. The van der Waals surface area contributed by atoms with Crippen molar-refractivity contribution in [1.29, 1.82) is 0 Å². The summed E-state index contributed by atoms with van der Waals surface area (Å²) in [5.74, 6) is 0.210. The number of aliphatic hydroxyl groups excluding tert-OH is 1. The molecule has 0 spiro atoms. The Morgan fingerprint density at radius 1 is 1.36 bits per heavy atom. The van der Waals surface area contributed by atoms with Gasteiger partial charge in [0.15, 0.2) is 0 Å². The summed E-state index contributed by atoms with van der Waals surface area (Å²) in [5, 5.41) is 11.8. The second-order valence-electron chi connectivity index (χ2n) is 2.78. The molecular weight excluding hydrogens is 178 g/mol. The maximum atomic E-state index is 10.3. The largest absolute Gasteiger partial charge is 0.513 e. The maximum absolute atomic E-state index is 10.3. The summed E-state index contributed by atoms with van der Waals surface area (Å²) in [6.07, 6.45) is 7.11. The van der Waals surface area contributed by atoms with Crippen molar-refractivity contribution in [3.63, 3.8) is 0 Å². The molecule has 0 fully saturated rings. The summed E-state index contributed by atoms with van der Waals surface area (Å²) >= 11 is 0. The molecule has 0 amide bonds. The van der Waals surface area contributed by atoms with Crippen LogP contribution in [0.1, 0.15) is 13.8 Å². The third-order valence-electron chi connectivity index (χ3n) is 1.38. The van der Waals surface area contributed by atoms with Crippen molar-refractivity contribution < 1.29 is 9.90 Å². The quantitative estimate of drug-likeness (QED) is 0.304. The zero-order valence-corrected chi connectivity index (χ0v) is 8.45. The molecule has 0 saturated carbocycles. The highest BCUT2D eigenvalue weighted by atomic mass is 16.3. The Morgan fingerprint density at radius 3 is 2.43 bits per heavy atom. The van der Waals surface area contributed by atoms with Gasteiger partial charge in [0, 0.05) is 17.5 Å². The Hall–Kier alpha value is -1.77. The minimum Gasteiger partial charge on any atom is -0.513 e. The lowest BCUT2D eigenvalue weighted by Gasteiger charge is -2.00. The summed E-state index contributed by atoms with van der Waals surface area (Å²) in [5.41, 5.74) is 1.29. The number of nitrogens with one attached hydrogen (secondary N) is 1. The van der Waals surface area contributed by atoms with Gasteiger partial charge in [-0.2, -0.15) is 0 Å². The lowest BCUT2D eigenvalue weighted by molar-refractivity contribution is -0.104. The number of rotatable bonds is 5. The van der Waals surface area contributed by atoms with E-state index in [1.54, 1.807) is 32.2 Å². The molecule has 0 heterocycles. The molecule has 14 heavy (non-hydrogen) atoms. The first-order chi connectivity index (χ1) is 6.60. The Balaban J connectivity index is 4.45. The fraction of sp³-hybridized carbons (Fsp3) is 0.182. The summed E-state index contributed by atoms with van der Waals surface area (Å²) < 4.78 is 0. The van der Waals surface area contributed by atoms with Crippen LogP contribution in [-0.2, 0) is 4.79 Å². The third-order valence-corrected chi connectivity index (χ3v) is 1.38. The van der Waals surface area contributed by atoms with Crippen molar-refractivity contribution in [2.45, 2.75) is 13.8 Å². The van der Waals surface area contributed by atoms with Gasteiger partial charge in [0.2, 0.25) is 0 Å². The molecule has 0 aliphatic heterocycles. The highest BCUT2D eigenvalue weighted by Gasteiger charge is 1.87. The molecule has 0 aromatic carbocycles. The van der Waals surface area contributed by atoms with E-state index < -0.39 is 0 Å². The molecule has 0 rings (SSSR count). The number of aldehydes is 1. The van der Waals surface area contributed by atoms with Gasteiger partial charge >= 0.3 is 0 Å². The van der Waals surface area contributed by atoms with E-state index in [0.717, 1.165) is 6.29 Å². The van der Waals surface area contributed by atoms with Crippen LogP contribution in [0.3, 0.4) is 0 Å². The van der Waals surface area contributed by atoms with Crippen molar-refractivity contribution in [1.82, 2.24) is 5.32 Å². The smallest absolute Gasteiger partial charge is 0.147 e. The molecule has 3 heteroatoms. The molecule has 76 valence electrons. The van der Waals surface area contributed by atoms with Gasteiger partial charge < -0.3 is 10.4 Å². The third kappa shape index (κ3) is 5.83. The molecule has 2 N–H and O–H groups in total. The zero-order valence-electron chi connectivity index (χ0n) is 8.45. The minimum atomic E-state index is 0.210. The van der Waals surface area contributed by atoms with Gasteiger partial charge in [0.1, 0.15) is 6.29 Å². The zero-order chi connectivity index (χ0) is 11.0. The Bertz CT molecular complexity index is 294. The monoisotopic (exact) mass is 193 g/mol. The molecule has 0 atom stereocenters. The first-order valence-corrected chi connectivity index (χ1v) is 4.18. The van der Waals surface area contributed by atoms with E-state index in [0.29, 0.717) is 11.3 Å². The van der Waals surface area contributed by atoms with E-state index in [1.807, 2.05) is 0 Å². The lowest BCUT2D eigenvalue weighted by atomic mass is 10.3. The molecule has 3 nitrogen and oxygen atoms in total. The molecule has 0 aliphatic rings. The summed E-state index contributed by atoms with van der Waals surface area (Å²) in [7, 11) is 0. The predicted octanol–water partition coefficient (Wildman–Crippen LogP) is 2.21. The second-order valence-corrected chi connectivity index (χ2v) is 2.78. The van der Waals surface area contributed by atoms with E-state index in [4.69, 9.17) is 5.11 Å². The normalized spacial score (nSPS) is 13.7. The molecule has 0 saturated heterocycles. The minimum absolute atomic E-state index is 0.210. The molecule has 0 bridgehead atoms. The van der Waals surface area contributed by atoms with Gasteiger partial charge in [0.05, 0.1) is 5.76 Å². The van der Waals surface area contributed by atoms with Gasteiger partial charge in [0.25, 0.3) is 0 Å². The molecule has 0 aromatic rings. The molecule has 0 aliphatic carbocycles. The fourth-order valence-corrected chi connectivity index (χ4v) is 0.617. The standard InChI is InChI=1S/C11H15NO2/c1-4-11(6-5-10(3)14)12-7-9(2)8-13/h4-8,12,14H,1H2,2-3H3/b9-7+,10-5+,11-6+. The average molecular weight is 193 g/mol. The summed E-state index contributed by atoms with van der Waals surface area (Å²) in [6, 6.07) is 0. The summed E-state index contributed by atoms with van der Waals surface area (Å²) in [6.45, 7) is 6.84. The van der Waals surface area contributed by atoms with Gasteiger partial charge in [-0.05, 0) is 32.1 Å². The molecule has 0 radical (unpaired) electrons. The highest BCUT2D eigenvalue weighted by Crippen LogP contribution is 1.95. The van der Waals surface area contributed by atoms with Crippen LogP contribution in [0, 0.1) is 0 Å². The van der Waals surface area contributed by atoms with Gasteiger partial charge in [-0.25, -0.2) is 0 Å². The Morgan fingerprint density at radius 2 is 2.00 bits per heavy atom. The van der Waals surface area contributed by atoms with Crippen LogP contribution in [-0.4, -0.2) is 11.4 Å². The number of carbonyl (C=O) groups is 1. The number of aliphatic hydroxyl groups is 1. The second kappa shape index (κ2) is 6.71. The molecular formula is C11H15NO2. The lowest BCUT2D eigenvalue weighted by Crippen LogP contribution is -2.03. The van der Waals surface area contributed by atoms with Crippen LogP contribution in [0.5, 0.6) is 0 Å². The fourth-order valence-electron chi connectivity index (χ4n) is 0.617. The van der Waals surface area contributed by atoms with Crippen molar-refractivity contribution in [3.8, 4) is 0 Å². The van der Waals surface area contributed by atoms with Crippen LogP contribution in [0.15, 0.2) is 48.0 Å². The maximum Gasteiger partial charge on any atom is 0.147 e. The number of hydrogen-bond donors (Lipinski definition) is 2. The van der Waals surface area contributed by atoms with Crippen LogP contribution >= 0.6 is 0 Å². The summed E-state index contributed by atoms with van der Waals surface area (Å²) in [4.78, 5) is 10.3. The van der Waals surface area contributed by atoms with Crippen LogP contribution in [0.2, 0.25) is 0 Å². The topological polar surface area (TPSA) is 49.3 Å². The van der Waals surface area contributed by atoms with Crippen LogP contribution < -0.4 is 5.32 Å². The van der Waals surface area contributed by atoms with Gasteiger partial charge in [-0.15, -0.1) is 0 Å². The van der Waals surface area contributed by atoms with Crippen molar-refractivity contribution in [2.75, 3.05) is 0 Å². The molecule has 0 aromatic heterocycles. The highest BCUT2D eigenvalue weighted by molar-refractivity contribution is 5.71. The average Bonchev–Trinajstić information content (AvgIpc) is 2.17. The van der Waals surface area contributed by atoms with Crippen LogP contribution in [0.4, 0.5) is 0 Å². The van der Waals surface area contributed by atoms with E-state index in [2.05, 4.69) is 11.9 Å². The Kier molecular flexibility index (Phi) is 5.87. The van der Waals surface area contributed by atoms with E-state index in [1.165, 1.54) is 6.08 Å². The first kappa shape index (κ1) is 12.2. The number of hydrogen-bond acceptors (Lipinski definition) is 3. The van der Waals surface area contributed by atoms with Crippen molar-refractivity contribution in [3.05, 3.63) is 48.0 Å². The Labute approximate surface area is 84.1 Å². The van der Waals surface area contributed by atoms with Crippen molar-refractivity contribution >= 4 is 6.29 Å². The van der Waals surface area contributed by atoms with E-state index >= 15 is 0 Å². The van der Waals surface area contributed by atoms with Crippen molar-refractivity contribution in [2.24, 2.45) is 0 Å². The van der Waals surface area contributed by atoms with E-state index in [-0.39, 0.29) is 5.76 Å². The van der Waals surface area contributed by atoms with Gasteiger partial charge in [-0.3, -0.25) is 4.79 Å². The SMILES string of the molecule is C=C/C(=C\C=C(/C)O)N/C=C(\C)C=O. The van der Waals surface area contributed by atoms with Gasteiger partial charge in [-0.1, -0.05) is 6.58 Å².